The molecular formula is C21H26BrN3O2. The molecule has 0 fully saturated rings. The summed E-state index contributed by atoms with van der Waals surface area (Å²) in [6.07, 6.45) is 3.32. The van der Waals surface area contributed by atoms with E-state index in [1.807, 2.05) is 12.1 Å². The molecule has 1 aromatic heterocycles. The third kappa shape index (κ3) is 4.15. The number of rotatable bonds is 7. The maximum Gasteiger partial charge on any atom is 0.243 e. The van der Waals surface area contributed by atoms with Gasteiger partial charge in [-0.25, -0.2) is 9.99 Å². The number of ether oxygens (including phenoxy) is 1. The van der Waals surface area contributed by atoms with Gasteiger partial charge in [-0.3, -0.25) is 4.79 Å². The van der Waals surface area contributed by atoms with Crippen molar-refractivity contribution in [2.75, 3.05) is 19.0 Å². The van der Waals surface area contributed by atoms with Crippen LogP contribution in [0.2, 0.25) is 0 Å². The van der Waals surface area contributed by atoms with E-state index in [9.17, 15) is 4.79 Å². The standard InChI is InChI=1S/C21H26BrN3O2/c1-4-15-7-8-17-16(9-10-18(27-3)21(17)23-15)20-14(2)13-19(26)25(24-20)12-6-5-11-22/h7-10,14H,4-6,11-13H2,1-3H3. The first-order chi connectivity index (χ1) is 13.1. The Bertz CT molecular complexity index is 866. The van der Waals surface area contributed by atoms with Gasteiger partial charge in [0.15, 0.2) is 0 Å². The minimum Gasteiger partial charge on any atom is -0.494 e. The third-order valence-corrected chi connectivity index (χ3v) is 5.51. The molecule has 0 bridgehead atoms. The van der Waals surface area contributed by atoms with Gasteiger partial charge >= 0.3 is 0 Å². The van der Waals surface area contributed by atoms with Gasteiger partial charge in [0.05, 0.1) is 12.8 Å². The molecule has 6 heteroatoms. The van der Waals surface area contributed by atoms with Crippen LogP contribution in [-0.4, -0.2) is 40.6 Å². The van der Waals surface area contributed by atoms with E-state index >= 15 is 0 Å². The van der Waals surface area contributed by atoms with Gasteiger partial charge in [0.1, 0.15) is 11.3 Å². The second-order valence-corrected chi connectivity index (χ2v) is 7.66. The summed E-state index contributed by atoms with van der Waals surface area (Å²) in [6.45, 7) is 4.82. The van der Waals surface area contributed by atoms with Gasteiger partial charge in [-0.1, -0.05) is 35.8 Å². The lowest BCUT2D eigenvalue weighted by atomic mass is 9.91. The van der Waals surface area contributed by atoms with E-state index in [1.54, 1.807) is 12.1 Å². The topological polar surface area (TPSA) is 54.8 Å². The molecule has 0 spiro atoms. The first-order valence-corrected chi connectivity index (χ1v) is 10.6. The number of carbonyl (C=O) groups is 1. The Morgan fingerprint density at radius 3 is 2.78 bits per heavy atom. The number of pyridine rings is 1. The highest BCUT2D eigenvalue weighted by molar-refractivity contribution is 9.09. The van der Waals surface area contributed by atoms with Gasteiger partial charge in [-0.15, -0.1) is 0 Å². The monoisotopic (exact) mass is 431 g/mol. The normalized spacial score (nSPS) is 17.3. The average molecular weight is 432 g/mol. The Hall–Kier alpha value is -1.95. The summed E-state index contributed by atoms with van der Waals surface area (Å²) in [5.41, 5.74) is 3.87. The zero-order chi connectivity index (χ0) is 19.4. The smallest absolute Gasteiger partial charge is 0.243 e. The minimum absolute atomic E-state index is 0.0763. The molecule has 1 aliphatic rings. The Morgan fingerprint density at radius 2 is 2.07 bits per heavy atom. The molecule has 1 aliphatic heterocycles. The predicted octanol–water partition coefficient (Wildman–Crippen LogP) is 4.55. The van der Waals surface area contributed by atoms with E-state index < -0.39 is 0 Å². The Morgan fingerprint density at radius 1 is 1.26 bits per heavy atom. The van der Waals surface area contributed by atoms with Crippen LogP contribution in [0.1, 0.15) is 44.4 Å². The summed E-state index contributed by atoms with van der Waals surface area (Å²) in [4.78, 5) is 17.2. The Balaban J connectivity index is 2.06. The highest BCUT2D eigenvalue weighted by Gasteiger charge is 2.28. The molecule has 0 N–H and O–H groups in total. The number of fused-ring (bicyclic) bond motifs is 1. The lowest BCUT2D eigenvalue weighted by molar-refractivity contribution is -0.132. The van der Waals surface area contributed by atoms with E-state index in [1.165, 1.54) is 0 Å². The molecule has 1 unspecified atom stereocenters. The summed E-state index contributed by atoms with van der Waals surface area (Å²) < 4.78 is 5.53. The number of aryl methyl sites for hydroxylation is 1. The van der Waals surface area contributed by atoms with E-state index in [0.29, 0.717) is 13.0 Å². The van der Waals surface area contributed by atoms with Crippen molar-refractivity contribution in [2.24, 2.45) is 11.0 Å². The summed E-state index contributed by atoms with van der Waals surface area (Å²) >= 11 is 3.44. The van der Waals surface area contributed by atoms with Gasteiger partial charge in [0.2, 0.25) is 5.91 Å². The molecule has 1 atom stereocenters. The molecule has 0 aliphatic carbocycles. The number of hydrogen-bond donors (Lipinski definition) is 0. The van der Waals surface area contributed by atoms with Crippen molar-refractivity contribution in [3.8, 4) is 5.75 Å². The molecule has 0 saturated heterocycles. The molecule has 144 valence electrons. The third-order valence-electron chi connectivity index (χ3n) is 4.95. The van der Waals surface area contributed by atoms with Gasteiger partial charge in [0, 0.05) is 40.9 Å². The fraction of sp³-hybridized carbons (Fsp3) is 0.476. The molecule has 1 amide bonds. The van der Waals surface area contributed by atoms with Gasteiger partial charge < -0.3 is 4.74 Å². The molecule has 3 rings (SSSR count). The predicted molar refractivity (Wildman–Crippen MR) is 113 cm³/mol. The molecule has 2 aromatic rings. The average Bonchev–Trinajstić information content (AvgIpc) is 2.68. The van der Waals surface area contributed by atoms with Crippen molar-refractivity contribution in [1.82, 2.24) is 9.99 Å². The van der Waals surface area contributed by atoms with Crippen LogP contribution in [-0.2, 0) is 11.2 Å². The van der Waals surface area contributed by atoms with E-state index in [-0.39, 0.29) is 11.8 Å². The SMILES string of the molecule is CCc1ccc2c(C3=NN(CCCCBr)C(=O)CC3C)ccc(OC)c2n1. The number of amides is 1. The fourth-order valence-corrected chi connectivity index (χ4v) is 3.81. The van der Waals surface area contributed by atoms with Gasteiger partial charge in [-0.2, -0.15) is 5.10 Å². The van der Waals surface area contributed by atoms with Gasteiger partial charge in [-0.05, 0) is 37.5 Å². The van der Waals surface area contributed by atoms with Crippen LogP contribution in [0.4, 0.5) is 0 Å². The summed E-state index contributed by atoms with van der Waals surface area (Å²) in [5.74, 6) is 0.941. The van der Waals surface area contributed by atoms with E-state index in [0.717, 1.165) is 58.2 Å². The number of halogens is 1. The zero-order valence-electron chi connectivity index (χ0n) is 16.2. The highest BCUT2D eigenvalue weighted by atomic mass is 79.9. The van der Waals surface area contributed by atoms with Crippen LogP contribution in [0.5, 0.6) is 5.75 Å². The van der Waals surface area contributed by atoms with Crippen LogP contribution in [0.15, 0.2) is 29.4 Å². The fourth-order valence-electron chi connectivity index (χ4n) is 3.42. The van der Waals surface area contributed by atoms with Crippen molar-refractivity contribution in [2.45, 2.75) is 39.5 Å². The van der Waals surface area contributed by atoms with Crippen LogP contribution >= 0.6 is 15.9 Å². The van der Waals surface area contributed by atoms with E-state index in [4.69, 9.17) is 14.8 Å². The first kappa shape index (κ1) is 19.8. The van der Waals surface area contributed by atoms with Crippen molar-refractivity contribution < 1.29 is 9.53 Å². The van der Waals surface area contributed by atoms with Crippen molar-refractivity contribution in [3.05, 3.63) is 35.5 Å². The van der Waals surface area contributed by atoms with Crippen LogP contribution in [0.3, 0.4) is 0 Å². The Labute approximate surface area is 168 Å². The summed E-state index contributed by atoms with van der Waals surface area (Å²) in [5, 5.41) is 8.35. The zero-order valence-corrected chi connectivity index (χ0v) is 17.8. The lowest BCUT2D eigenvalue weighted by Gasteiger charge is -2.28. The van der Waals surface area contributed by atoms with E-state index in [2.05, 4.69) is 41.9 Å². The molecule has 0 radical (unpaired) electrons. The molecule has 5 nitrogen and oxygen atoms in total. The number of unbranched alkanes of at least 4 members (excludes halogenated alkanes) is 1. The number of aromatic nitrogens is 1. The number of carbonyl (C=O) groups excluding carboxylic acids is 1. The Kier molecular flexibility index (Phi) is 6.47. The first-order valence-electron chi connectivity index (χ1n) is 9.50. The lowest BCUT2D eigenvalue weighted by Crippen LogP contribution is -2.37. The summed E-state index contributed by atoms with van der Waals surface area (Å²) in [6, 6.07) is 8.14. The number of hydrogen-bond acceptors (Lipinski definition) is 4. The summed E-state index contributed by atoms with van der Waals surface area (Å²) in [7, 11) is 1.67. The minimum atomic E-state index is 0.0763. The molecule has 2 heterocycles. The van der Waals surface area contributed by atoms with Crippen LogP contribution < -0.4 is 4.74 Å². The van der Waals surface area contributed by atoms with Crippen molar-refractivity contribution in [1.29, 1.82) is 0 Å². The van der Waals surface area contributed by atoms with Crippen LogP contribution in [0.25, 0.3) is 10.9 Å². The van der Waals surface area contributed by atoms with Crippen molar-refractivity contribution in [3.63, 3.8) is 0 Å². The molecule has 1 aromatic carbocycles. The maximum atomic E-state index is 12.4. The number of nitrogens with zero attached hydrogens (tertiary/aromatic N) is 3. The number of hydrazone groups is 1. The number of alkyl halides is 1. The second kappa shape index (κ2) is 8.83. The van der Waals surface area contributed by atoms with Gasteiger partial charge in [0.25, 0.3) is 0 Å². The quantitative estimate of drug-likeness (QED) is 0.477. The number of methoxy groups -OCH3 is 1. The second-order valence-electron chi connectivity index (χ2n) is 6.87. The maximum absolute atomic E-state index is 12.4. The number of benzene rings is 1. The van der Waals surface area contributed by atoms with Crippen molar-refractivity contribution >= 4 is 38.5 Å². The molecular weight excluding hydrogens is 406 g/mol. The highest BCUT2D eigenvalue weighted by Crippen LogP contribution is 2.31. The molecule has 0 saturated carbocycles. The molecule has 27 heavy (non-hydrogen) atoms. The largest absolute Gasteiger partial charge is 0.494 e. The van der Waals surface area contributed by atoms with Crippen LogP contribution in [0, 0.1) is 5.92 Å².